The molecule has 0 saturated heterocycles. The van der Waals surface area contributed by atoms with Gasteiger partial charge in [0.25, 0.3) is 0 Å². The lowest BCUT2D eigenvalue weighted by atomic mass is 10.1. The Morgan fingerprint density at radius 1 is 1.31 bits per heavy atom. The Labute approximate surface area is 104 Å². The Kier molecular flexibility index (Phi) is 3.36. The van der Waals surface area contributed by atoms with Crippen molar-refractivity contribution >= 4 is 29.0 Å². The highest BCUT2D eigenvalue weighted by Gasteiger charge is 2.07. The van der Waals surface area contributed by atoms with E-state index in [-0.39, 0.29) is 0 Å². The third-order valence-corrected chi connectivity index (χ3v) is 2.72. The van der Waals surface area contributed by atoms with Crippen LogP contribution < -0.4 is 5.32 Å². The van der Waals surface area contributed by atoms with Crippen LogP contribution in [0.25, 0.3) is 11.3 Å². The van der Waals surface area contributed by atoms with Crippen LogP contribution in [0.3, 0.4) is 0 Å². The van der Waals surface area contributed by atoms with Gasteiger partial charge in [-0.3, -0.25) is 5.10 Å². The van der Waals surface area contributed by atoms with Crippen LogP contribution in [0, 0.1) is 0 Å². The molecule has 2 aromatic rings. The van der Waals surface area contributed by atoms with E-state index in [1.54, 1.807) is 12.1 Å². The smallest absolute Gasteiger partial charge is 0.148 e. The molecule has 0 aliphatic carbocycles. The molecule has 1 heterocycles. The molecule has 0 saturated carbocycles. The first kappa shape index (κ1) is 11.3. The van der Waals surface area contributed by atoms with Crippen LogP contribution in [0.5, 0.6) is 0 Å². The fourth-order valence-electron chi connectivity index (χ4n) is 1.44. The molecule has 0 bridgehead atoms. The topological polar surface area (TPSA) is 40.7 Å². The molecule has 0 radical (unpaired) electrons. The summed E-state index contributed by atoms with van der Waals surface area (Å²) in [5.74, 6) is 0.800. The summed E-state index contributed by atoms with van der Waals surface area (Å²) >= 11 is 12.0. The third-order valence-electron chi connectivity index (χ3n) is 2.15. The molecular formula is C11H11Cl2N3. The minimum atomic E-state index is 0.649. The number of nitrogens with zero attached hydrogens (tertiary/aromatic N) is 1. The lowest BCUT2D eigenvalue weighted by Gasteiger charge is -2.01. The van der Waals surface area contributed by atoms with E-state index in [1.807, 2.05) is 19.1 Å². The van der Waals surface area contributed by atoms with Gasteiger partial charge < -0.3 is 5.32 Å². The predicted octanol–water partition coefficient (Wildman–Crippen LogP) is 3.82. The van der Waals surface area contributed by atoms with Crippen LogP contribution in [0.15, 0.2) is 24.3 Å². The van der Waals surface area contributed by atoms with E-state index in [4.69, 9.17) is 23.2 Å². The molecule has 84 valence electrons. The minimum absolute atomic E-state index is 0.649. The van der Waals surface area contributed by atoms with Gasteiger partial charge in [-0.2, -0.15) is 5.10 Å². The highest BCUT2D eigenvalue weighted by atomic mass is 35.5. The van der Waals surface area contributed by atoms with Crippen LogP contribution in [0.2, 0.25) is 10.0 Å². The van der Waals surface area contributed by atoms with Crippen molar-refractivity contribution in [3.05, 3.63) is 34.3 Å². The zero-order valence-electron chi connectivity index (χ0n) is 8.72. The van der Waals surface area contributed by atoms with Crippen LogP contribution in [-0.2, 0) is 0 Å². The molecule has 0 amide bonds. The highest BCUT2D eigenvalue weighted by molar-refractivity contribution is 6.35. The molecule has 1 aromatic heterocycles. The summed E-state index contributed by atoms with van der Waals surface area (Å²) in [4.78, 5) is 0. The minimum Gasteiger partial charge on any atom is -0.369 e. The molecule has 1 aromatic carbocycles. The van der Waals surface area contributed by atoms with Crippen molar-refractivity contribution in [1.29, 1.82) is 0 Å². The van der Waals surface area contributed by atoms with E-state index in [0.29, 0.717) is 10.0 Å². The fraction of sp³-hybridized carbons (Fsp3) is 0.182. The van der Waals surface area contributed by atoms with Gasteiger partial charge in [0.1, 0.15) is 5.82 Å². The number of aromatic amines is 1. The number of hydrogen-bond donors (Lipinski definition) is 2. The number of nitrogens with one attached hydrogen (secondary N) is 2. The number of aromatic nitrogens is 2. The van der Waals surface area contributed by atoms with Crippen molar-refractivity contribution < 1.29 is 0 Å². The SMILES string of the molecule is CCNc1cc(-c2cc(Cl)ccc2Cl)[nH]n1. The van der Waals surface area contributed by atoms with Crippen molar-refractivity contribution in [3.8, 4) is 11.3 Å². The second kappa shape index (κ2) is 4.76. The largest absolute Gasteiger partial charge is 0.369 e. The summed E-state index contributed by atoms with van der Waals surface area (Å²) < 4.78 is 0. The van der Waals surface area contributed by atoms with E-state index in [2.05, 4.69) is 15.5 Å². The van der Waals surface area contributed by atoms with Crippen molar-refractivity contribution in [2.24, 2.45) is 0 Å². The van der Waals surface area contributed by atoms with E-state index < -0.39 is 0 Å². The Balaban J connectivity index is 2.38. The van der Waals surface area contributed by atoms with Gasteiger partial charge in [0.15, 0.2) is 0 Å². The fourth-order valence-corrected chi connectivity index (χ4v) is 1.83. The normalized spacial score (nSPS) is 10.4. The van der Waals surface area contributed by atoms with Crippen LogP contribution in [0.1, 0.15) is 6.92 Å². The maximum atomic E-state index is 6.09. The molecule has 2 rings (SSSR count). The van der Waals surface area contributed by atoms with Gasteiger partial charge in [0, 0.05) is 23.2 Å². The quantitative estimate of drug-likeness (QED) is 0.876. The van der Waals surface area contributed by atoms with E-state index in [1.165, 1.54) is 0 Å². The molecule has 16 heavy (non-hydrogen) atoms. The zero-order valence-corrected chi connectivity index (χ0v) is 10.2. The first-order chi connectivity index (χ1) is 7.70. The summed E-state index contributed by atoms with van der Waals surface area (Å²) in [6.45, 7) is 2.84. The predicted molar refractivity (Wildman–Crippen MR) is 68.2 cm³/mol. The van der Waals surface area contributed by atoms with Crippen LogP contribution in [0.4, 0.5) is 5.82 Å². The number of benzene rings is 1. The van der Waals surface area contributed by atoms with Crippen molar-refractivity contribution in [3.63, 3.8) is 0 Å². The molecular weight excluding hydrogens is 245 g/mol. The monoisotopic (exact) mass is 255 g/mol. The van der Waals surface area contributed by atoms with Crippen molar-refractivity contribution in [2.45, 2.75) is 6.92 Å². The summed E-state index contributed by atoms with van der Waals surface area (Å²) in [6.07, 6.45) is 0. The molecule has 0 aliphatic heterocycles. The Morgan fingerprint density at radius 2 is 2.12 bits per heavy atom. The summed E-state index contributed by atoms with van der Waals surface area (Å²) in [6, 6.07) is 7.25. The van der Waals surface area contributed by atoms with Crippen LogP contribution in [-0.4, -0.2) is 16.7 Å². The second-order valence-electron chi connectivity index (χ2n) is 3.32. The molecule has 0 atom stereocenters. The first-order valence-electron chi connectivity index (χ1n) is 4.95. The van der Waals surface area contributed by atoms with Crippen LogP contribution >= 0.6 is 23.2 Å². The molecule has 3 nitrogen and oxygen atoms in total. The molecule has 5 heteroatoms. The molecule has 0 unspecified atom stereocenters. The van der Waals surface area contributed by atoms with Gasteiger partial charge in [-0.15, -0.1) is 0 Å². The molecule has 0 aliphatic rings. The number of anilines is 1. The Hall–Kier alpha value is -1.19. The van der Waals surface area contributed by atoms with E-state index >= 15 is 0 Å². The Morgan fingerprint density at radius 3 is 2.88 bits per heavy atom. The van der Waals surface area contributed by atoms with Gasteiger partial charge >= 0.3 is 0 Å². The lowest BCUT2D eigenvalue weighted by molar-refractivity contribution is 1.07. The van der Waals surface area contributed by atoms with Gasteiger partial charge in [0.05, 0.1) is 10.7 Å². The standard InChI is InChI=1S/C11H11Cl2N3/c1-2-14-11-6-10(15-16-11)8-5-7(12)3-4-9(8)13/h3-6H,2H2,1H3,(H2,14,15,16). The van der Waals surface area contributed by atoms with E-state index in [0.717, 1.165) is 23.6 Å². The van der Waals surface area contributed by atoms with Gasteiger partial charge in [-0.05, 0) is 25.1 Å². The van der Waals surface area contributed by atoms with Gasteiger partial charge in [-0.1, -0.05) is 23.2 Å². The van der Waals surface area contributed by atoms with Crippen molar-refractivity contribution in [2.75, 3.05) is 11.9 Å². The van der Waals surface area contributed by atoms with Gasteiger partial charge in [0.2, 0.25) is 0 Å². The molecule has 0 spiro atoms. The molecule has 2 N–H and O–H groups in total. The second-order valence-corrected chi connectivity index (χ2v) is 4.16. The zero-order chi connectivity index (χ0) is 11.5. The van der Waals surface area contributed by atoms with Gasteiger partial charge in [-0.25, -0.2) is 0 Å². The summed E-state index contributed by atoms with van der Waals surface area (Å²) in [7, 11) is 0. The molecule has 0 fully saturated rings. The Bertz CT molecular complexity index is 494. The average molecular weight is 256 g/mol. The first-order valence-corrected chi connectivity index (χ1v) is 5.71. The summed E-state index contributed by atoms with van der Waals surface area (Å²) in [5, 5.41) is 11.4. The number of rotatable bonds is 3. The lowest BCUT2D eigenvalue weighted by Crippen LogP contribution is -1.95. The summed E-state index contributed by atoms with van der Waals surface area (Å²) in [5.41, 5.74) is 1.70. The number of halogens is 2. The highest BCUT2D eigenvalue weighted by Crippen LogP contribution is 2.30. The maximum absolute atomic E-state index is 6.09. The van der Waals surface area contributed by atoms with E-state index in [9.17, 15) is 0 Å². The third kappa shape index (κ3) is 2.31. The maximum Gasteiger partial charge on any atom is 0.148 e. The number of H-pyrrole nitrogens is 1. The van der Waals surface area contributed by atoms with Crippen molar-refractivity contribution in [1.82, 2.24) is 10.2 Å². The number of hydrogen-bond acceptors (Lipinski definition) is 2. The average Bonchev–Trinajstić information content (AvgIpc) is 2.71.